The zero-order chi connectivity index (χ0) is 15.8. The molecule has 1 aliphatic rings. The molecule has 1 amide bonds. The van der Waals surface area contributed by atoms with E-state index in [1.54, 1.807) is 6.92 Å². The van der Waals surface area contributed by atoms with E-state index in [0.29, 0.717) is 0 Å². The summed E-state index contributed by atoms with van der Waals surface area (Å²) >= 11 is 0. The monoisotopic (exact) mass is 316 g/mol. The van der Waals surface area contributed by atoms with Crippen LogP contribution in [0.4, 0.5) is 0 Å². The van der Waals surface area contributed by atoms with Gasteiger partial charge in [-0.1, -0.05) is 5.21 Å². The molecule has 1 aromatic heterocycles. The molecule has 0 bridgehead atoms. The van der Waals surface area contributed by atoms with Crippen LogP contribution in [0.25, 0.3) is 0 Å². The molecule has 1 aromatic rings. The molecule has 3 atom stereocenters. The zero-order valence-electron chi connectivity index (χ0n) is 11.5. The summed E-state index contributed by atoms with van der Waals surface area (Å²) in [6, 6.07) is -1.76. The SMILES string of the molecule is C[C@@H]1CC(=O)N1[C@@H](C(=O)O)[C@](C)(Cn1ccnn1)[SH](=O)=O. The van der Waals surface area contributed by atoms with Crippen molar-refractivity contribution >= 4 is 22.6 Å². The van der Waals surface area contributed by atoms with Crippen LogP contribution < -0.4 is 0 Å². The minimum Gasteiger partial charge on any atom is -0.480 e. The number of hydrogen-bond acceptors (Lipinski definition) is 6. The van der Waals surface area contributed by atoms with Gasteiger partial charge in [0, 0.05) is 18.7 Å². The first-order chi connectivity index (χ1) is 9.77. The van der Waals surface area contributed by atoms with E-state index < -0.39 is 27.5 Å². The molecule has 2 heterocycles. The number of carbonyl (C=O) groups excluding carboxylic acids is 1. The van der Waals surface area contributed by atoms with Crippen molar-refractivity contribution < 1.29 is 23.1 Å². The third-order valence-electron chi connectivity index (χ3n) is 3.71. The first kappa shape index (κ1) is 15.4. The highest BCUT2D eigenvalue weighted by molar-refractivity contribution is 7.74. The van der Waals surface area contributed by atoms with Crippen molar-refractivity contribution in [2.75, 3.05) is 0 Å². The Bertz CT molecular complexity index is 621. The number of rotatable bonds is 6. The Morgan fingerprint density at radius 3 is 2.67 bits per heavy atom. The van der Waals surface area contributed by atoms with Crippen molar-refractivity contribution in [3.8, 4) is 0 Å². The van der Waals surface area contributed by atoms with Gasteiger partial charge in [-0.25, -0.2) is 13.2 Å². The first-order valence-electron chi connectivity index (χ1n) is 6.30. The number of amides is 1. The van der Waals surface area contributed by atoms with Crippen LogP contribution in [-0.2, 0) is 26.8 Å². The smallest absolute Gasteiger partial charge is 0.328 e. The van der Waals surface area contributed by atoms with E-state index in [-0.39, 0.29) is 24.9 Å². The van der Waals surface area contributed by atoms with Gasteiger partial charge in [0.05, 0.1) is 12.7 Å². The van der Waals surface area contributed by atoms with Crippen molar-refractivity contribution in [2.24, 2.45) is 0 Å². The van der Waals surface area contributed by atoms with Crippen LogP contribution in [0.1, 0.15) is 20.3 Å². The van der Waals surface area contributed by atoms with Crippen molar-refractivity contribution in [3.63, 3.8) is 0 Å². The Morgan fingerprint density at radius 2 is 2.29 bits per heavy atom. The van der Waals surface area contributed by atoms with E-state index in [2.05, 4.69) is 10.3 Å². The van der Waals surface area contributed by atoms with Crippen molar-refractivity contribution in [3.05, 3.63) is 12.4 Å². The number of carboxylic acids is 1. The van der Waals surface area contributed by atoms with E-state index in [4.69, 9.17) is 0 Å². The molecule has 1 N–H and O–H groups in total. The van der Waals surface area contributed by atoms with Crippen LogP contribution in [0, 0.1) is 0 Å². The molecule has 1 saturated heterocycles. The van der Waals surface area contributed by atoms with Gasteiger partial charge < -0.3 is 10.0 Å². The van der Waals surface area contributed by atoms with Gasteiger partial charge in [0.15, 0.2) is 6.04 Å². The Hall–Kier alpha value is -1.97. The summed E-state index contributed by atoms with van der Waals surface area (Å²) in [4.78, 5) is 24.4. The van der Waals surface area contributed by atoms with E-state index >= 15 is 0 Å². The fourth-order valence-corrected chi connectivity index (χ4v) is 3.26. The summed E-state index contributed by atoms with van der Waals surface area (Å²) in [7, 11) is -3.13. The second-order valence-electron chi connectivity index (χ2n) is 5.31. The second kappa shape index (κ2) is 5.43. The predicted molar refractivity (Wildman–Crippen MR) is 71.1 cm³/mol. The summed E-state index contributed by atoms with van der Waals surface area (Å²) in [6.45, 7) is 2.79. The van der Waals surface area contributed by atoms with E-state index in [1.165, 1.54) is 24.0 Å². The standard InChI is InChI=1S/C11H16N4O5S/c1-7-5-8(16)15(7)9(10(17)18)11(2,21(19)20)6-14-4-3-12-13-14/h3-4,7,9,21H,5-6H2,1-2H3,(H,17,18)/t7-,9+,11+/m1/s1. The minimum atomic E-state index is -3.13. The Morgan fingerprint density at radius 1 is 1.62 bits per heavy atom. The van der Waals surface area contributed by atoms with Crippen LogP contribution in [-0.4, -0.2) is 62.1 Å². The molecule has 0 unspecified atom stereocenters. The molecule has 10 heteroatoms. The number of nitrogens with zero attached hydrogens (tertiary/aromatic N) is 4. The Balaban J connectivity index is 2.41. The summed E-state index contributed by atoms with van der Waals surface area (Å²) in [5.74, 6) is -1.71. The Kier molecular flexibility index (Phi) is 3.99. The second-order valence-corrected chi connectivity index (χ2v) is 6.85. The average molecular weight is 316 g/mol. The number of aliphatic carboxylic acids is 1. The fourth-order valence-electron chi connectivity index (χ4n) is 2.56. The topological polar surface area (TPSA) is 122 Å². The minimum absolute atomic E-state index is 0.195. The normalized spacial score (nSPS) is 22.7. The zero-order valence-corrected chi connectivity index (χ0v) is 12.4. The number of likely N-dealkylation sites (tertiary alicyclic amines) is 1. The lowest BCUT2D eigenvalue weighted by Crippen LogP contribution is -2.67. The maximum atomic E-state index is 11.7. The summed E-state index contributed by atoms with van der Waals surface area (Å²) in [6.07, 6.45) is 3.03. The average Bonchev–Trinajstić information content (AvgIpc) is 2.87. The number of carbonyl (C=O) groups is 2. The van der Waals surface area contributed by atoms with Crippen LogP contribution in [0.15, 0.2) is 12.4 Å². The summed E-state index contributed by atoms with van der Waals surface area (Å²) in [5.41, 5.74) is 0. The van der Waals surface area contributed by atoms with Gasteiger partial charge in [-0.05, 0) is 13.8 Å². The van der Waals surface area contributed by atoms with Gasteiger partial charge in [-0.3, -0.25) is 9.48 Å². The van der Waals surface area contributed by atoms with Crippen molar-refractivity contribution in [2.45, 2.75) is 43.6 Å². The highest BCUT2D eigenvalue weighted by atomic mass is 32.2. The first-order valence-corrected chi connectivity index (χ1v) is 7.47. The Labute approximate surface area is 122 Å². The van der Waals surface area contributed by atoms with Gasteiger partial charge in [0.1, 0.15) is 15.5 Å². The molecule has 21 heavy (non-hydrogen) atoms. The molecular formula is C11H16N4O5S. The highest BCUT2D eigenvalue weighted by Gasteiger charge is 2.53. The molecular weight excluding hydrogens is 300 g/mol. The molecule has 0 aliphatic carbocycles. The van der Waals surface area contributed by atoms with Gasteiger partial charge in [0.2, 0.25) is 5.91 Å². The van der Waals surface area contributed by atoms with E-state index in [9.17, 15) is 23.1 Å². The van der Waals surface area contributed by atoms with Gasteiger partial charge in [-0.2, -0.15) is 0 Å². The van der Waals surface area contributed by atoms with Crippen LogP contribution in [0.2, 0.25) is 0 Å². The lowest BCUT2D eigenvalue weighted by atomic mass is 9.91. The molecule has 2 rings (SSSR count). The van der Waals surface area contributed by atoms with Crippen LogP contribution >= 0.6 is 0 Å². The summed E-state index contributed by atoms with van der Waals surface area (Å²) in [5, 5.41) is 16.7. The van der Waals surface area contributed by atoms with Gasteiger partial charge in [0.25, 0.3) is 0 Å². The van der Waals surface area contributed by atoms with Crippen molar-refractivity contribution in [1.82, 2.24) is 19.9 Å². The molecule has 1 fully saturated rings. The number of hydrogen-bond donors (Lipinski definition) is 2. The lowest BCUT2D eigenvalue weighted by molar-refractivity contribution is -0.163. The third kappa shape index (κ3) is 2.62. The van der Waals surface area contributed by atoms with E-state index in [0.717, 1.165) is 4.90 Å². The van der Waals surface area contributed by atoms with Crippen LogP contribution in [0.5, 0.6) is 0 Å². The maximum absolute atomic E-state index is 11.7. The van der Waals surface area contributed by atoms with Gasteiger partial charge in [-0.15, -0.1) is 5.10 Å². The summed E-state index contributed by atoms with van der Waals surface area (Å²) < 4.78 is 23.0. The third-order valence-corrected chi connectivity index (χ3v) is 4.93. The fraction of sp³-hybridized carbons (Fsp3) is 0.636. The molecule has 116 valence electrons. The van der Waals surface area contributed by atoms with Crippen LogP contribution in [0.3, 0.4) is 0 Å². The molecule has 0 spiro atoms. The van der Waals surface area contributed by atoms with E-state index in [1.807, 2.05) is 0 Å². The maximum Gasteiger partial charge on any atom is 0.328 e. The van der Waals surface area contributed by atoms with Gasteiger partial charge >= 0.3 is 5.97 Å². The number of β-lactam (4-membered cyclic amide) rings is 1. The lowest BCUT2D eigenvalue weighted by Gasteiger charge is -2.46. The largest absolute Gasteiger partial charge is 0.480 e. The molecule has 0 saturated carbocycles. The number of thiol groups is 1. The molecule has 0 radical (unpaired) electrons. The highest BCUT2D eigenvalue weighted by Crippen LogP contribution is 2.31. The predicted octanol–water partition coefficient (Wildman–Crippen LogP) is -1.28. The molecule has 0 aromatic carbocycles. The number of aromatic nitrogens is 3. The molecule has 1 aliphatic heterocycles. The number of carboxylic acid groups (broad SMARTS) is 1. The quantitative estimate of drug-likeness (QED) is 0.495. The van der Waals surface area contributed by atoms with Crippen molar-refractivity contribution in [1.29, 1.82) is 0 Å². The molecule has 9 nitrogen and oxygen atoms in total.